The summed E-state index contributed by atoms with van der Waals surface area (Å²) in [5.74, 6) is 0. The molecule has 1 unspecified atom stereocenters. The van der Waals surface area contributed by atoms with Gasteiger partial charge in [0.25, 0.3) is 0 Å². The van der Waals surface area contributed by atoms with Crippen molar-refractivity contribution in [1.29, 1.82) is 0 Å². The fraction of sp³-hybridized carbons (Fsp3) is 0.455. The normalized spacial score (nSPS) is 18.8. The van der Waals surface area contributed by atoms with Crippen molar-refractivity contribution in [2.24, 2.45) is 0 Å². The lowest BCUT2D eigenvalue weighted by Crippen LogP contribution is -2.07. The topological polar surface area (TPSA) is 34.1 Å². The van der Waals surface area contributed by atoms with Crippen molar-refractivity contribution in [3.05, 3.63) is 29.8 Å². The molecule has 0 heterocycles. The van der Waals surface area contributed by atoms with Crippen LogP contribution >= 0.6 is 12.6 Å². The molecule has 1 aliphatic carbocycles. The number of rotatable bonds is 3. The summed E-state index contributed by atoms with van der Waals surface area (Å²) in [4.78, 5) is 0.448. The third-order valence-electron chi connectivity index (χ3n) is 2.63. The zero-order chi connectivity index (χ0) is 11.1. The standard InChI is InChI=1S/C11H14O2S2/c1-8(14)9-3-2-4-11(7-9)15(12,13)10-5-6-10/h2-4,7-8,10,14H,5-6H2,1H3. The Balaban J connectivity index is 2.40. The molecule has 1 saturated carbocycles. The molecule has 0 N–H and O–H groups in total. The predicted molar refractivity (Wildman–Crippen MR) is 64.1 cm³/mol. The van der Waals surface area contributed by atoms with Gasteiger partial charge in [-0.05, 0) is 37.5 Å². The van der Waals surface area contributed by atoms with E-state index in [2.05, 4.69) is 12.6 Å². The molecule has 2 rings (SSSR count). The third kappa shape index (κ3) is 2.21. The van der Waals surface area contributed by atoms with Gasteiger partial charge in [0.05, 0.1) is 10.1 Å². The Hall–Kier alpha value is -0.480. The summed E-state index contributed by atoms with van der Waals surface area (Å²) in [6.45, 7) is 1.94. The molecule has 2 nitrogen and oxygen atoms in total. The van der Waals surface area contributed by atoms with Crippen molar-refractivity contribution in [2.45, 2.75) is 35.2 Å². The number of benzene rings is 1. The van der Waals surface area contributed by atoms with Crippen LogP contribution in [0.25, 0.3) is 0 Å². The van der Waals surface area contributed by atoms with Gasteiger partial charge in [-0.15, -0.1) is 0 Å². The molecule has 15 heavy (non-hydrogen) atoms. The molecular weight excluding hydrogens is 228 g/mol. The van der Waals surface area contributed by atoms with Crippen molar-refractivity contribution < 1.29 is 8.42 Å². The molecule has 0 bridgehead atoms. The Labute approximate surface area is 96.0 Å². The van der Waals surface area contributed by atoms with Gasteiger partial charge in [0.2, 0.25) is 0 Å². The minimum absolute atomic E-state index is 0.0688. The summed E-state index contributed by atoms with van der Waals surface area (Å²) in [5, 5.41) is -0.0673. The van der Waals surface area contributed by atoms with Crippen molar-refractivity contribution in [1.82, 2.24) is 0 Å². The van der Waals surface area contributed by atoms with Gasteiger partial charge in [0, 0.05) is 5.25 Å². The van der Waals surface area contributed by atoms with E-state index in [1.807, 2.05) is 13.0 Å². The van der Waals surface area contributed by atoms with E-state index in [0.717, 1.165) is 18.4 Å². The molecular formula is C11H14O2S2. The highest BCUT2D eigenvalue weighted by Gasteiger charge is 2.36. The van der Waals surface area contributed by atoms with Gasteiger partial charge in [-0.3, -0.25) is 0 Å². The zero-order valence-corrected chi connectivity index (χ0v) is 10.3. The molecule has 4 heteroatoms. The molecule has 0 saturated heterocycles. The van der Waals surface area contributed by atoms with Crippen LogP contribution in [0.3, 0.4) is 0 Å². The number of sulfone groups is 1. The Morgan fingerprint density at radius 2 is 2.07 bits per heavy atom. The van der Waals surface area contributed by atoms with Crippen LogP contribution in [0, 0.1) is 0 Å². The van der Waals surface area contributed by atoms with E-state index in [1.54, 1.807) is 18.2 Å². The maximum Gasteiger partial charge on any atom is 0.181 e. The van der Waals surface area contributed by atoms with Crippen molar-refractivity contribution in [3.8, 4) is 0 Å². The second-order valence-corrected chi connectivity index (χ2v) is 7.00. The van der Waals surface area contributed by atoms with E-state index in [4.69, 9.17) is 0 Å². The SMILES string of the molecule is CC(S)c1cccc(S(=O)(=O)C2CC2)c1. The van der Waals surface area contributed by atoms with Gasteiger partial charge in [0.1, 0.15) is 0 Å². The Morgan fingerprint density at radius 1 is 1.40 bits per heavy atom. The molecule has 1 aromatic rings. The van der Waals surface area contributed by atoms with Gasteiger partial charge < -0.3 is 0 Å². The molecule has 0 amide bonds. The van der Waals surface area contributed by atoms with E-state index in [9.17, 15) is 8.42 Å². The fourth-order valence-corrected chi connectivity index (χ4v) is 3.39. The Morgan fingerprint density at radius 3 is 2.60 bits per heavy atom. The first kappa shape index (κ1) is 11.0. The molecule has 1 aromatic carbocycles. The highest BCUT2D eigenvalue weighted by molar-refractivity contribution is 7.92. The minimum atomic E-state index is -3.06. The lowest BCUT2D eigenvalue weighted by molar-refractivity contribution is 0.594. The van der Waals surface area contributed by atoms with Crippen LogP contribution in [0.5, 0.6) is 0 Å². The molecule has 0 spiro atoms. The van der Waals surface area contributed by atoms with Crippen molar-refractivity contribution in [3.63, 3.8) is 0 Å². The summed E-state index contributed by atoms with van der Waals surface area (Å²) in [7, 11) is -3.06. The van der Waals surface area contributed by atoms with E-state index in [1.165, 1.54) is 0 Å². The first-order valence-electron chi connectivity index (χ1n) is 5.04. The number of hydrogen-bond acceptors (Lipinski definition) is 3. The summed E-state index contributed by atoms with van der Waals surface area (Å²) >= 11 is 4.30. The maximum atomic E-state index is 11.9. The van der Waals surface area contributed by atoms with E-state index >= 15 is 0 Å². The van der Waals surface area contributed by atoms with Gasteiger partial charge >= 0.3 is 0 Å². The molecule has 82 valence electrons. The average Bonchev–Trinajstić information content (AvgIpc) is 3.01. The molecule has 1 atom stereocenters. The van der Waals surface area contributed by atoms with Crippen LogP contribution in [-0.2, 0) is 9.84 Å². The van der Waals surface area contributed by atoms with Crippen molar-refractivity contribution in [2.75, 3.05) is 0 Å². The van der Waals surface area contributed by atoms with Gasteiger partial charge in [0.15, 0.2) is 9.84 Å². The second-order valence-electron chi connectivity index (χ2n) is 3.99. The molecule has 1 aliphatic rings. The van der Waals surface area contributed by atoms with Crippen LogP contribution in [0.4, 0.5) is 0 Å². The first-order chi connectivity index (χ1) is 7.01. The minimum Gasteiger partial charge on any atom is -0.223 e. The second kappa shape index (κ2) is 3.83. The van der Waals surface area contributed by atoms with Gasteiger partial charge in [-0.1, -0.05) is 12.1 Å². The molecule has 0 aliphatic heterocycles. The smallest absolute Gasteiger partial charge is 0.181 e. The van der Waals surface area contributed by atoms with E-state index in [-0.39, 0.29) is 10.5 Å². The first-order valence-corrected chi connectivity index (χ1v) is 7.10. The summed E-state index contributed by atoms with van der Waals surface area (Å²) in [5.41, 5.74) is 0.958. The third-order valence-corrected chi connectivity index (χ3v) is 5.19. The van der Waals surface area contributed by atoms with Gasteiger partial charge in [-0.25, -0.2) is 8.42 Å². The van der Waals surface area contributed by atoms with Crippen molar-refractivity contribution >= 4 is 22.5 Å². The summed E-state index contributed by atoms with van der Waals surface area (Å²) in [6, 6.07) is 7.11. The number of hydrogen-bond donors (Lipinski definition) is 1. The molecule has 1 fully saturated rings. The summed E-state index contributed by atoms with van der Waals surface area (Å²) in [6.07, 6.45) is 1.62. The largest absolute Gasteiger partial charge is 0.223 e. The monoisotopic (exact) mass is 242 g/mol. The lowest BCUT2D eigenvalue weighted by atomic mass is 10.2. The van der Waals surface area contributed by atoms with Crippen LogP contribution in [0.1, 0.15) is 30.6 Å². The Bertz CT molecular complexity index is 459. The zero-order valence-electron chi connectivity index (χ0n) is 8.55. The predicted octanol–water partition coefficient (Wildman–Crippen LogP) is 2.61. The van der Waals surface area contributed by atoms with Gasteiger partial charge in [-0.2, -0.15) is 12.6 Å². The fourth-order valence-electron chi connectivity index (χ4n) is 1.52. The average molecular weight is 242 g/mol. The Kier molecular flexibility index (Phi) is 2.81. The highest BCUT2D eigenvalue weighted by Crippen LogP contribution is 2.34. The van der Waals surface area contributed by atoms with Crippen LogP contribution < -0.4 is 0 Å². The lowest BCUT2D eigenvalue weighted by Gasteiger charge is -2.07. The number of thiol groups is 1. The van der Waals surface area contributed by atoms with E-state index in [0.29, 0.717) is 4.90 Å². The van der Waals surface area contributed by atoms with Crippen LogP contribution in [0.2, 0.25) is 0 Å². The van der Waals surface area contributed by atoms with Crippen LogP contribution in [-0.4, -0.2) is 13.7 Å². The molecule has 0 radical (unpaired) electrons. The summed E-state index contributed by atoms with van der Waals surface area (Å²) < 4.78 is 23.9. The quantitative estimate of drug-likeness (QED) is 0.827. The van der Waals surface area contributed by atoms with E-state index < -0.39 is 9.84 Å². The molecule has 0 aromatic heterocycles. The highest BCUT2D eigenvalue weighted by atomic mass is 32.2. The van der Waals surface area contributed by atoms with Crippen LogP contribution in [0.15, 0.2) is 29.2 Å². The maximum absolute atomic E-state index is 11.9.